The molecule has 1 nitrogen and oxygen atoms in total. The molecule has 0 unspecified atom stereocenters. The van der Waals surface area contributed by atoms with E-state index in [9.17, 15) is 4.39 Å². The molecule has 0 spiro atoms. The first kappa shape index (κ1) is 15.1. The van der Waals surface area contributed by atoms with Gasteiger partial charge < -0.3 is 5.73 Å². The number of thioether (sulfide) groups is 1. The maximum absolute atomic E-state index is 13.4. The molecule has 2 N–H and O–H groups in total. The van der Waals surface area contributed by atoms with Crippen molar-refractivity contribution in [2.24, 2.45) is 5.73 Å². The average Bonchev–Trinajstić information content (AvgIpc) is 2.35. The summed E-state index contributed by atoms with van der Waals surface area (Å²) in [5, 5.41) is 0. The van der Waals surface area contributed by atoms with Crippen molar-refractivity contribution < 1.29 is 4.39 Å². The molecule has 0 saturated carbocycles. The van der Waals surface area contributed by atoms with E-state index in [1.165, 1.54) is 25.3 Å². The largest absolute Gasteiger partial charge is 0.320 e. The van der Waals surface area contributed by atoms with Crippen LogP contribution in [0.3, 0.4) is 0 Å². The van der Waals surface area contributed by atoms with Crippen LogP contribution in [0.4, 0.5) is 4.39 Å². The van der Waals surface area contributed by atoms with Gasteiger partial charge >= 0.3 is 0 Å². The second kappa shape index (κ2) is 9.02. The minimum absolute atomic E-state index is 0.219. The van der Waals surface area contributed by atoms with Gasteiger partial charge in [-0.2, -0.15) is 11.8 Å². The number of halogens is 1. The molecule has 18 heavy (non-hydrogen) atoms. The van der Waals surface area contributed by atoms with E-state index in [2.05, 4.69) is 18.8 Å². The van der Waals surface area contributed by atoms with E-state index in [1.807, 2.05) is 17.8 Å². The Labute approximate surface area is 113 Å². The fraction of sp³-hybridized carbons (Fsp3) is 0.467. The lowest BCUT2D eigenvalue weighted by Crippen LogP contribution is -1.93. The van der Waals surface area contributed by atoms with Crippen molar-refractivity contribution >= 4 is 11.8 Å². The van der Waals surface area contributed by atoms with Gasteiger partial charge in [0.2, 0.25) is 0 Å². The van der Waals surface area contributed by atoms with Gasteiger partial charge in [0.25, 0.3) is 0 Å². The lowest BCUT2D eigenvalue weighted by Gasteiger charge is -2.03. The van der Waals surface area contributed by atoms with E-state index >= 15 is 0 Å². The van der Waals surface area contributed by atoms with Crippen molar-refractivity contribution in [3.63, 3.8) is 0 Å². The molecule has 0 aliphatic heterocycles. The van der Waals surface area contributed by atoms with Gasteiger partial charge in [0.15, 0.2) is 0 Å². The number of hydrogen-bond acceptors (Lipinski definition) is 2. The first-order chi connectivity index (χ1) is 8.76. The number of hydrogen-bond donors (Lipinski definition) is 1. The average molecular weight is 265 g/mol. The van der Waals surface area contributed by atoms with E-state index in [0.29, 0.717) is 12.1 Å². The normalized spacial score (nSPS) is 9.94. The lowest BCUT2D eigenvalue weighted by atomic mass is 10.1. The van der Waals surface area contributed by atoms with Gasteiger partial charge in [-0.15, -0.1) is 0 Å². The fourth-order valence-electron chi connectivity index (χ4n) is 1.60. The molecule has 3 heteroatoms. The summed E-state index contributed by atoms with van der Waals surface area (Å²) in [6.07, 6.45) is 3.74. The summed E-state index contributed by atoms with van der Waals surface area (Å²) in [4.78, 5) is 0. The van der Waals surface area contributed by atoms with Gasteiger partial charge in [0.05, 0.1) is 6.54 Å². The van der Waals surface area contributed by atoms with E-state index in [0.717, 1.165) is 17.1 Å². The number of rotatable bonds is 6. The topological polar surface area (TPSA) is 26.0 Å². The zero-order valence-corrected chi connectivity index (χ0v) is 11.7. The van der Waals surface area contributed by atoms with Crippen LogP contribution in [0, 0.1) is 17.7 Å². The smallest absolute Gasteiger partial charge is 0.124 e. The van der Waals surface area contributed by atoms with Crippen LogP contribution in [-0.2, 0) is 5.75 Å². The molecule has 0 aliphatic carbocycles. The molecule has 98 valence electrons. The molecular weight excluding hydrogens is 245 g/mol. The van der Waals surface area contributed by atoms with Gasteiger partial charge in [0, 0.05) is 11.3 Å². The Morgan fingerprint density at radius 2 is 2.11 bits per heavy atom. The molecule has 0 saturated heterocycles. The molecule has 0 aromatic heterocycles. The second-order valence-corrected chi connectivity index (χ2v) is 5.22. The minimum atomic E-state index is -0.219. The van der Waals surface area contributed by atoms with E-state index in [-0.39, 0.29) is 5.82 Å². The zero-order valence-electron chi connectivity index (χ0n) is 10.8. The first-order valence-corrected chi connectivity index (χ1v) is 7.48. The van der Waals surface area contributed by atoms with Crippen LogP contribution in [0.1, 0.15) is 37.3 Å². The first-order valence-electron chi connectivity index (χ1n) is 6.32. The molecule has 1 aromatic rings. The van der Waals surface area contributed by atoms with Gasteiger partial charge in [0.1, 0.15) is 5.82 Å². The van der Waals surface area contributed by atoms with Crippen molar-refractivity contribution in [3.8, 4) is 11.8 Å². The highest BCUT2D eigenvalue weighted by Gasteiger charge is 2.00. The third-order valence-electron chi connectivity index (χ3n) is 2.45. The summed E-state index contributed by atoms with van der Waals surface area (Å²) in [6, 6.07) is 4.98. The number of benzene rings is 1. The third kappa shape index (κ3) is 6.09. The Bertz CT molecular complexity index is 420. The van der Waals surface area contributed by atoms with Crippen LogP contribution < -0.4 is 5.73 Å². The summed E-state index contributed by atoms with van der Waals surface area (Å²) in [6.45, 7) is 2.50. The molecule has 0 heterocycles. The summed E-state index contributed by atoms with van der Waals surface area (Å²) in [5.41, 5.74) is 7.02. The standard InChI is InChI=1S/C15H20FNS/c1-2-3-4-8-18-12-14-9-13(6-5-7-17)10-15(16)11-14/h9-11H,2-4,7-8,12,17H2,1H3. The van der Waals surface area contributed by atoms with Crippen molar-refractivity contribution in [2.45, 2.75) is 31.9 Å². The van der Waals surface area contributed by atoms with Gasteiger partial charge in [-0.25, -0.2) is 4.39 Å². The number of unbranched alkanes of at least 4 members (excludes halogenated alkanes) is 2. The number of nitrogens with two attached hydrogens (primary N) is 1. The highest BCUT2D eigenvalue weighted by Crippen LogP contribution is 2.17. The zero-order chi connectivity index (χ0) is 13.2. The van der Waals surface area contributed by atoms with E-state index < -0.39 is 0 Å². The van der Waals surface area contributed by atoms with Crippen molar-refractivity contribution in [1.82, 2.24) is 0 Å². The predicted molar refractivity (Wildman–Crippen MR) is 78.0 cm³/mol. The Morgan fingerprint density at radius 3 is 2.83 bits per heavy atom. The molecule has 1 aromatic carbocycles. The predicted octanol–water partition coefficient (Wildman–Crippen LogP) is 3.56. The van der Waals surface area contributed by atoms with Crippen LogP contribution in [0.15, 0.2) is 18.2 Å². The molecule has 1 rings (SSSR count). The summed E-state index contributed by atoms with van der Waals surface area (Å²) >= 11 is 1.85. The Balaban J connectivity index is 2.52. The highest BCUT2D eigenvalue weighted by atomic mass is 32.2. The molecular formula is C15H20FNS. The van der Waals surface area contributed by atoms with Crippen LogP contribution in [0.25, 0.3) is 0 Å². The molecule has 0 radical (unpaired) electrons. The van der Waals surface area contributed by atoms with E-state index in [4.69, 9.17) is 5.73 Å². The summed E-state index contributed by atoms with van der Waals surface area (Å²) < 4.78 is 13.4. The van der Waals surface area contributed by atoms with Crippen molar-refractivity contribution in [1.29, 1.82) is 0 Å². The van der Waals surface area contributed by atoms with Crippen LogP contribution in [0.2, 0.25) is 0 Å². The van der Waals surface area contributed by atoms with Crippen molar-refractivity contribution in [3.05, 3.63) is 35.1 Å². The molecule has 0 atom stereocenters. The Morgan fingerprint density at radius 1 is 1.28 bits per heavy atom. The van der Waals surface area contributed by atoms with Gasteiger partial charge in [-0.3, -0.25) is 0 Å². The molecule has 0 fully saturated rings. The van der Waals surface area contributed by atoms with Crippen LogP contribution >= 0.6 is 11.8 Å². The Kier molecular flexibility index (Phi) is 7.55. The molecule has 0 aliphatic rings. The van der Waals surface area contributed by atoms with Crippen LogP contribution in [0.5, 0.6) is 0 Å². The second-order valence-electron chi connectivity index (χ2n) is 4.11. The summed E-state index contributed by atoms with van der Waals surface area (Å²) in [5.74, 6) is 7.38. The third-order valence-corrected chi connectivity index (χ3v) is 3.57. The quantitative estimate of drug-likeness (QED) is 0.628. The summed E-state index contributed by atoms with van der Waals surface area (Å²) in [7, 11) is 0. The maximum Gasteiger partial charge on any atom is 0.124 e. The molecule has 0 amide bonds. The van der Waals surface area contributed by atoms with Gasteiger partial charge in [-0.1, -0.05) is 31.6 Å². The maximum atomic E-state index is 13.4. The highest BCUT2D eigenvalue weighted by molar-refractivity contribution is 7.98. The fourth-order valence-corrected chi connectivity index (χ4v) is 2.56. The minimum Gasteiger partial charge on any atom is -0.320 e. The monoisotopic (exact) mass is 265 g/mol. The lowest BCUT2D eigenvalue weighted by molar-refractivity contribution is 0.626. The van der Waals surface area contributed by atoms with Crippen LogP contribution in [-0.4, -0.2) is 12.3 Å². The van der Waals surface area contributed by atoms with Gasteiger partial charge in [-0.05, 0) is 35.9 Å². The van der Waals surface area contributed by atoms with Crippen molar-refractivity contribution in [2.75, 3.05) is 12.3 Å². The van der Waals surface area contributed by atoms with E-state index in [1.54, 1.807) is 6.07 Å². The molecule has 0 bridgehead atoms. The SMILES string of the molecule is CCCCCSCc1cc(F)cc(C#CCN)c1. The Hall–Kier alpha value is -0.980.